The molecule has 0 radical (unpaired) electrons. The van der Waals surface area contributed by atoms with Gasteiger partial charge in [-0.1, -0.05) is 59.9 Å². The second-order valence-corrected chi connectivity index (χ2v) is 14.1. The Bertz CT molecular complexity index is 2020. The number of anilines is 1. The third kappa shape index (κ3) is 4.90. The summed E-state index contributed by atoms with van der Waals surface area (Å²) in [6.07, 6.45) is -4.96. The number of hydrogen-bond acceptors (Lipinski definition) is 6. The van der Waals surface area contributed by atoms with Crippen LogP contribution in [0.3, 0.4) is 0 Å². The summed E-state index contributed by atoms with van der Waals surface area (Å²) in [5, 5.41) is 5.65. The van der Waals surface area contributed by atoms with E-state index in [2.05, 4.69) is 47.8 Å². The van der Waals surface area contributed by atoms with Crippen LogP contribution in [0.5, 0.6) is 0 Å². The summed E-state index contributed by atoms with van der Waals surface area (Å²) < 4.78 is 70.6. The Hall–Kier alpha value is -2.92. The van der Waals surface area contributed by atoms with Crippen LogP contribution >= 0.6 is 47.8 Å². The van der Waals surface area contributed by atoms with Crippen LogP contribution in [0.25, 0.3) is 0 Å². The number of nitrogens with zero attached hydrogens (tertiary/aromatic N) is 2. The molecule has 16 heteroatoms. The molecule has 0 fully saturated rings. The molecule has 2 heterocycles. The Balaban J connectivity index is 1.72. The number of fused-ring (bicyclic) bond motifs is 2. The van der Waals surface area contributed by atoms with Crippen LogP contribution in [0.15, 0.2) is 41.3 Å². The van der Waals surface area contributed by atoms with Gasteiger partial charge in [0.05, 0.1) is 32.8 Å². The molecule has 2 aliphatic rings. The number of imide groups is 2. The van der Waals surface area contributed by atoms with Crippen molar-refractivity contribution in [1.82, 2.24) is 4.90 Å². The van der Waals surface area contributed by atoms with Crippen LogP contribution < -0.4 is 10.0 Å². The Labute approximate surface area is 286 Å². The zero-order valence-corrected chi connectivity index (χ0v) is 29.8. The van der Waals surface area contributed by atoms with Gasteiger partial charge in [-0.25, -0.2) is 18.5 Å². The lowest BCUT2D eigenvalue weighted by Gasteiger charge is -2.33. The van der Waals surface area contributed by atoms with Gasteiger partial charge in [0.15, 0.2) is 0 Å². The lowest BCUT2D eigenvalue weighted by atomic mass is 9.74. The first-order chi connectivity index (χ1) is 21.4. The summed E-state index contributed by atoms with van der Waals surface area (Å²) in [6.45, 7) is 2.49. The van der Waals surface area contributed by atoms with Crippen molar-refractivity contribution in [2.24, 2.45) is 5.14 Å². The van der Waals surface area contributed by atoms with Gasteiger partial charge in [0, 0.05) is 28.6 Å². The smallest absolute Gasteiger partial charge is 0.277 e. The van der Waals surface area contributed by atoms with Crippen molar-refractivity contribution in [2.45, 2.75) is 46.3 Å². The molecular formula is C30H23Br3F3N3O6S. The molecule has 5 rings (SSSR count). The van der Waals surface area contributed by atoms with Crippen LogP contribution in [0, 0.1) is 6.92 Å². The van der Waals surface area contributed by atoms with Gasteiger partial charge < -0.3 is 0 Å². The normalized spacial score (nSPS) is 16.3. The van der Waals surface area contributed by atoms with E-state index in [1.54, 1.807) is 6.92 Å². The first-order valence-electron chi connectivity index (χ1n) is 13.3. The molecule has 1 unspecified atom stereocenters. The maximum absolute atomic E-state index is 15.0. The predicted octanol–water partition coefficient (Wildman–Crippen LogP) is 6.22. The van der Waals surface area contributed by atoms with E-state index in [4.69, 9.17) is 5.14 Å². The molecule has 3 aromatic carbocycles. The van der Waals surface area contributed by atoms with E-state index >= 15 is 13.2 Å². The van der Waals surface area contributed by atoms with Gasteiger partial charge in [0.2, 0.25) is 10.0 Å². The first-order valence-corrected chi connectivity index (χ1v) is 18.2. The SMILES string of the molecule is Cc1c(CBr)c(N2C(=O)c3ccc(C(C)(c4ccc5c(c4)C(=O)N(C)C5=O)C(F)(F)F)cc3C2=O)c(CBr)c(S(N)(=O)=O)c1CBr. The quantitative estimate of drug-likeness (QED) is 0.222. The van der Waals surface area contributed by atoms with E-state index in [1.807, 2.05) is 0 Å². The van der Waals surface area contributed by atoms with Crippen molar-refractivity contribution in [3.63, 3.8) is 0 Å². The van der Waals surface area contributed by atoms with Crippen LogP contribution in [-0.4, -0.2) is 50.2 Å². The summed E-state index contributed by atoms with van der Waals surface area (Å²) in [7, 11) is -3.15. The Kier molecular flexibility index (Phi) is 8.71. The van der Waals surface area contributed by atoms with E-state index in [9.17, 15) is 27.6 Å². The molecule has 2 aliphatic heterocycles. The molecule has 2 N–H and O–H groups in total. The number of carbonyl (C=O) groups is 4. The second-order valence-electron chi connectivity index (χ2n) is 10.9. The molecule has 46 heavy (non-hydrogen) atoms. The third-order valence-electron chi connectivity index (χ3n) is 8.63. The fourth-order valence-electron chi connectivity index (χ4n) is 5.98. The molecule has 4 amide bonds. The van der Waals surface area contributed by atoms with E-state index < -0.39 is 50.8 Å². The topological polar surface area (TPSA) is 135 Å². The molecule has 0 saturated heterocycles. The van der Waals surface area contributed by atoms with Gasteiger partial charge in [-0.2, -0.15) is 13.2 Å². The highest BCUT2D eigenvalue weighted by Gasteiger charge is 2.55. The first kappa shape index (κ1) is 34.4. The highest BCUT2D eigenvalue weighted by Crippen LogP contribution is 2.49. The molecule has 0 aliphatic carbocycles. The summed E-state index contributed by atoms with van der Waals surface area (Å²) in [4.78, 5) is 54.1. The minimum Gasteiger partial charge on any atom is -0.277 e. The number of carbonyl (C=O) groups excluding carboxylic acids is 4. The monoisotopic (exact) mass is 847 g/mol. The summed E-state index contributed by atoms with van der Waals surface area (Å²) in [6, 6.07) is 6.47. The van der Waals surface area contributed by atoms with E-state index in [0.717, 1.165) is 53.1 Å². The van der Waals surface area contributed by atoms with E-state index in [1.165, 1.54) is 7.05 Å². The number of hydrogen-bond donors (Lipinski definition) is 1. The maximum Gasteiger partial charge on any atom is 0.402 e. The second kappa shape index (κ2) is 11.6. The standard InChI is InChI=1S/C30H23Br3F3N3O6S/c1-13-20(10-31)23(22(12-33)24(21(13)11-32)46(37,44)45)39-27(42)17-7-5-15(9-19(17)28(39)43)29(2,30(34,35)36)14-4-6-16-18(8-14)26(41)38(3)25(16)40/h4-9H,10-12H2,1-3H3,(H2,37,44,45). The lowest BCUT2D eigenvalue weighted by molar-refractivity contribution is -0.173. The van der Waals surface area contributed by atoms with Gasteiger partial charge >= 0.3 is 6.18 Å². The van der Waals surface area contributed by atoms with Crippen LogP contribution in [0.4, 0.5) is 18.9 Å². The molecular weight excluding hydrogens is 827 g/mol. The Morgan fingerprint density at radius 1 is 0.739 bits per heavy atom. The summed E-state index contributed by atoms with van der Waals surface area (Å²) >= 11 is 9.93. The van der Waals surface area contributed by atoms with Crippen molar-refractivity contribution in [3.8, 4) is 0 Å². The average Bonchev–Trinajstić information content (AvgIpc) is 3.37. The number of halogens is 6. The largest absolute Gasteiger partial charge is 0.402 e. The predicted molar refractivity (Wildman–Crippen MR) is 173 cm³/mol. The summed E-state index contributed by atoms with van der Waals surface area (Å²) in [5.74, 6) is -3.21. The molecule has 3 aromatic rings. The summed E-state index contributed by atoms with van der Waals surface area (Å²) in [5.41, 5.74) is -3.09. The number of sulfonamides is 1. The minimum absolute atomic E-state index is 0.0311. The maximum atomic E-state index is 15.0. The van der Waals surface area contributed by atoms with Crippen molar-refractivity contribution in [2.75, 3.05) is 11.9 Å². The fourth-order valence-corrected chi connectivity index (χ4v) is 9.37. The van der Waals surface area contributed by atoms with E-state index in [-0.39, 0.29) is 60.0 Å². The molecule has 1 atom stereocenters. The molecule has 0 spiro atoms. The van der Waals surface area contributed by atoms with Crippen molar-refractivity contribution < 1.29 is 40.8 Å². The van der Waals surface area contributed by atoms with Gasteiger partial charge in [0.1, 0.15) is 5.41 Å². The van der Waals surface area contributed by atoms with E-state index in [0.29, 0.717) is 16.7 Å². The van der Waals surface area contributed by atoms with Gasteiger partial charge in [-0.05, 0) is 65.9 Å². The molecule has 9 nitrogen and oxygen atoms in total. The van der Waals surface area contributed by atoms with Gasteiger partial charge in [-0.15, -0.1) is 0 Å². The van der Waals surface area contributed by atoms with Crippen LogP contribution in [-0.2, 0) is 31.4 Å². The number of alkyl halides is 6. The molecule has 242 valence electrons. The average molecular weight is 850 g/mol. The van der Waals surface area contributed by atoms with Gasteiger partial charge in [0.25, 0.3) is 23.6 Å². The number of nitrogens with two attached hydrogens (primary N) is 1. The van der Waals surface area contributed by atoms with Crippen LogP contribution in [0.2, 0.25) is 0 Å². The fraction of sp³-hybridized carbons (Fsp3) is 0.267. The van der Waals surface area contributed by atoms with Crippen molar-refractivity contribution in [3.05, 3.63) is 92.0 Å². The number of primary sulfonamides is 1. The molecule has 0 bridgehead atoms. The highest BCUT2D eigenvalue weighted by molar-refractivity contribution is 9.09. The van der Waals surface area contributed by atoms with Crippen molar-refractivity contribution >= 4 is 87.1 Å². The van der Waals surface area contributed by atoms with Gasteiger partial charge in [-0.3, -0.25) is 24.1 Å². The number of benzene rings is 3. The number of rotatable bonds is 7. The van der Waals surface area contributed by atoms with Crippen molar-refractivity contribution in [1.29, 1.82) is 0 Å². The zero-order valence-electron chi connectivity index (χ0n) is 24.2. The molecule has 0 saturated carbocycles. The minimum atomic E-state index is -4.96. The third-order valence-corrected chi connectivity index (χ3v) is 11.4. The number of amides is 4. The Morgan fingerprint density at radius 2 is 1.17 bits per heavy atom. The molecule has 0 aromatic heterocycles. The Morgan fingerprint density at radius 3 is 1.63 bits per heavy atom. The zero-order chi connectivity index (χ0) is 34.3. The highest BCUT2D eigenvalue weighted by atomic mass is 79.9. The van der Waals surface area contributed by atoms with Crippen LogP contribution in [0.1, 0.15) is 81.7 Å². The lowest BCUT2D eigenvalue weighted by Crippen LogP contribution is -2.41.